The Hall–Kier alpha value is -1.43. The van der Waals surface area contributed by atoms with Crippen molar-refractivity contribution in [1.29, 1.82) is 0 Å². The first-order valence-corrected chi connectivity index (χ1v) is 3.83. The van der Waals surface area contributed by atoms with Crippen LogP contribution in [0.2, 0.25) is 0 Å². The van der Waals surface area contributed by atoms with Crippen molar-refractivity contribution in [2.45, 2.75) is 25.9 Å². The molecular formula is C7H10N2O4. The number of rotatable bonds is 4. The van der Waals surface area contributed by atoms with Crippen LogP contribution in [0.1, 0.15) is 29.9 Å². The van der Waals surface area contributed by atoms with Gasteiger partial charge in [0.25, 0.3) is 5.82 Å². The van der Waals surface area contributed by atoms with E-state index in [1.54, 1.807) is 6.92 Å². The Bertz CT molecular complexity index is 294. The standard InChI is InChI=1S/C7H10N2O4/c1-4(10)2-3-5-8-6(7(11)12)9-13-5/h4,10H,2-3H2,1H3,(H,11,12). The number of aliphatic hydroxyl groups is 1. The largest absolute Gasteiger partial charge is 0.475 e. The zero-order valence-corrected chi connectivity index (χ0v) is 7.10. The van der Waals surface area contributed by atoms with Crippen LogP contribution in [0.3, 0.4) is 0 Å². The molecular weight excluding hydrogens is 176 g/mol. The van der Waals surface area contributed by atoms with Crippen molar-refractivity contribution in [2.75, 3.05) is 0 Å². The molecule has 13 heavy (non-hydrogen) atoms. The first kappa shape index (κ1) is 9.66. The van der Waals surface area contributed by atoms with Crippen LogP contribution in [0, 0.1) is 0 Å². The van der Waals surface area contributed by atoms with Crippen molar-refractivity contribution in [2.24, 2.45) is 0 Å². The van der Waals surface area contributed by atoms with Gasteiger partial charge in [-0.15, -0.1) is 0 Å². The molecule has 0 amide bonds. The van der Waals surface area contributed by atoms with Gasteiger partial charge in [0, 0.05) is 6.42 Å². The zero-order chi connectivity index (χ0) is 9.84. The molecule has 1 unspecified atom stereocenters. The van der Waals surface area contributed by atoms with Crippen LogP contribution >= 0.6 is 0 Å². The van der Waals surface area contributed by atoms with Crippen molar-refractivity contribution < 1.29 is 19.5 Å². The second-order valence-electron chi connectivity index (χ2n) is 2.70. The summed E-state index contributed by atoms with van der Waals surface area (Å²) in [6, 6.07) is 0. The summed E-state index contributed by atoms with van der Waals surface area (Å²) in [5.41, 5.74) is 0. The lowest BCUT2D eigenvalue weighted by Gasteiger charge is -1.97. The highest BCUT2D eigenvalue weighted by Crippen LogP contribution is 2.02. The fourth-order valence-corrected chi connectivity index (χ4v) is 0.776. The van der Waals surface area contributed by atoms with E-state index in [1.807, 2.05) is 0 Å². The van der Waals surface area contributed by atoms with Gasteiger partial charge in [-0.1, -0.05) is 0 Å². The Kier molecular flexibility index (Phi) is 2.97. The lowest BCUT2D eigenvalue weighted by molar-refractivity contribution is 0.0680. The van der Waals surface area contributed by atoms with Gasteiger partial charge in [-0.25, -0.2) is 4.79 Å². The molecule has 0 fully saturated rings. The maximum Gasteiger partial charge on any atom is 0.377 e. The molecule has 6 nitrogen and oxygen atoms in total. The Morgan fingerprint density at radius 3 is 2.85 bits per heavy atom. The molecule has 0 aliphatic rings. The molecule has 1 atom stereocenters. The van der Waals surface area contributed by atoms with E-state index >= 15 is 0 Å². The SMILES string of the molecule is CC(O)CCc1nc(C(=O)O)no1. The highest BCUT2D eigenvalue weighted by molar-refractivity contribution is 5.82. The van der Waals surface area contributed by atoms with E-state index < -0.39 is 12.1 Å². The molecule has 0 aliphatic carbocycles. The predicted molar refractivity (Wildman–Crippen MR) is 41.3 cm³/mol. The van der Waals surface area contributed by atoms with Gasteiger partial charge in [0.1, 0.15) is 0 Å². The van der Waals surface area contributed by atoms with Gasteiger partial charge in [0.2, 0.25) is 5.89 Å². The fraction of sp³-hybridized carbons (Fsp3) is 0.571. The topological polar surface area (TPSA) is 96.5 Å². The van der Waals surface area contributed by atoms with Crippen molar-refractivity contribution in [3.8, 4) is 0 Å². The molecule has 2 N–H and O–H groups in total. The zero-order valence-electron chi connectivity index (χ0n) is 7.10. The minimum Gasteiger partial charge on any atom is -0.475 e. The summed E-state index contributed by atoms with van der Waals surface area (Å²) >= 11 is 0. The molecule has 1 aromatic rings. The molecule has 0 aliphatic heterocycles. The van der Waals surface area contributed by atoms with Crippen LogP contribution in [0.25, 0.3) is 0 Å². The summed E-state index contributed by atoms with van der Waals surface area (Å²) in [5, 5.41) is 20.6. The summed E-state index contributed by atoms with van der Waals surface area (Å²) < 4.78 is 4.62. The summed E-state index contributed by atoms with van der Waals surface area (Å²) in [4.78, 5) is 13.9. The van der Waals surface area contributed by atoms with Crippen LogP contribution < -0.4 is 0 Å². The van der Waals surface area contributed by atoms with E-state index in [0.29, 0.717) is 12.8 Å². The smallest absolute Gasteiger partial charge is 0.377 e. The van der Waals surface area contributed by atoms with Crippen LogP contribution in [-0.2, 0) is 6.42 Å². The van der Waals surface area contributed by atoms with E-state index in [-0.39, 0.29) is 11.7 Å². The molecule has 72 valence electrons. The normalized spacial score (nSPS) is 12.8. The van der Waals surface area contributed by atoms with Crippen molar-refractivity contribution in [3.63, 3.8) is 0 Å². The Labute approximate surface area is 74.2 Å². The molecule has 0 spiro atoms. The summed E-state index contributed by atoms with van der Waals surface area (Å²) in [6.07, 6.45) is 0.402. The molecule has 0 saturated carbocycles. The Balaban J connectivity index is 2.54. The predicted octanol–water partition coefficient (Wildman–Crippen LogP) is 0.0812. The van der Waals surface area contributed by atoms with Gasteiger partial charge in [-0.3, -0.25) is 0 Å². The number of hydrogen-bond donors (Lipinski definition) is 2. The number of hydrogen-bond acceptors (Lipinski definition) is 5. The van der Waals surface area contributed by atoms with Crippen LogP contribution in [0.15, 0.2) is 4.52 Å². The van der Waals surface area contributed by atoms with Gasteiger partial charge in [-0.05, 0) is 18.5 Å². The molecule has 0 saturated heterocycles. The summed E-state index contributed by atoms with van der Waals surface area (Å²) in [7, 11) is 0. The molecule has 0 aromatic carbocycles. The van der Waals surface area contributed by atoms with Gasteiger partial charge < -0.3 is 14.7 Å². The Morgan fingerprint density at radius 1 is 1.69 bits per heavy atom. The molecule has 0 bridgehead atoms. The molecule has 1 rings (SSSR count). The van der Waals surface area contributed by atoms with E-state index in [0.717, 1.165) is 0 Å². The molecule has 0 radical (unpaired) electrons. The second-order valence-corrected chi connectivity index (χ2v) is 2.70. The van der Waals surface area contributed by atoms with Gasteiger partial charge in [0.15, 0.2) is 0 Å². The maximum atomic E-state index is 10.3. The summed E-state index contributed by atoms with van der Waals surface area (Å²) in [5.74, 6) is -1.33. The number of aliphatic hydroxyl groups excluding tert-OH is 1. The number of carboxylic acid groups (broad SMARTS) is 1. The van der Waals surface area contributed by atoms with Crippen molar-refractivity contribution in [1.82, 2.24) is 10.1 Å². The number of nitrogens with zero attached hydrogens (tertiary/aromatic N) is 2. The van der Waals surface area contributed by atoms with Gasteiger partial charge in [-0.2, -0.15) is 4.98 Å². The van der Waals surface area contributed by atoms with Crippen LogP contribution in [-0.4, -0.2) is 32.4 Å². The van der Waals surface area contributed by atoms with E-state index in [9.17, 15) is 4.79 Å². The number of carboxylic acids is 1. The minimum absolute atomic E-state index is 0.235. The first-order chi connectivity index (χ1) is 6.09. The van der Waals surface area contributed by atoms with Crippen LogP contribution in [0.5, 0.6) is 0 Å². The van der Waals surface area contributed by atoms with Crippen molar-refractivity contribution in [3.05, 3.63) is 11.7 Å². The lowest BCUT2D eigenvalue weighted by atomic mass is 10.2. The second kappa shape index (κ2) is 3.99. The third-order valence-electron chi connectivity index (χ3n) is 1.44. The summed E-state index contributed by atoms with van der Waals surface area (Å²) in [6.45, 7) is 1.63. The van der Waals surface area contributed by atoms with Crippen molar-refractivity contribution >= 4 is 5.97 Å². The molecule has 6 heteroatoms. The number of carbonyl (C=O) groups is 1. The van der Waals surface area contributed by atoms with Gasteiger partial charge >= 0.3 is 5.97 Å². The molecule has 1 aromatic heterocycles. The minimum atomic E-state index is -1.22. The molecule has 1 heterocycles. The number of aromatic carboxylic acids is 1. The average Bonchev–Trinajstić information content (AvgIpc) is 2.48. The fourth-order valence-electron chi connectivity index (χ4n) is 0.776. The van der Waals surface area contributed by atoms with E-state index in [1.165, 1.54) is 0 Å². The van der Waals surface area contributed by atoms with Crippen LogP contribution in [0.4, 0.5) is 0 Å². The van der Waals surface area contributed by atoms with Gasteiger partial charge in [0.05, 0.1) is 6.10 Å². The third-order valence-corrected chi connectivity index (χ3v) is 1.44. The number of aryl methyl sites for hydroxylation is 1. The van der Waals surface area contributed by atoms with E-state index in [2.05, 4.69) is 14.7 Å². The quantitative estimate of drug-likeness (QED) is 0.691. The third kappa shape index (κ3) is 2.83. The monoisotopic (exact) mass is 186 g/mol. The number of aromatic nitrogens is 2. The highest BCUT2D eigenvalue weighted by Gasteiger charge is 2.12. The average molecular weight is 186 g/mol. The maximum absolute atomic E-state index is 10.3. The van der Waals surface area contributed by atoms with E-state index in [4.69, 9.17) is 10.2 Å². The lowest BCUT2D eigenvalue weighted by Crippen LogP contribution is -2.02. The first-order valence-electron chi connectivity index (χ1n) is 3.83. The highest BCUT2D eigenvalue weighted by atomic mass is 16.5. The Morgan fingerprint density at radius 2 is 2.38 bits per heavy atom.